The monoisotopic (exact) mass is 278 g/mol. The Morgan fingerprint density at radius 1 is 1.30 bits per heavy atom. The van der Waals surface area contributed by atoms with Gasteiger partial charge in [-0.1, -0.05) is 31.4 Å². The number of carbonyl (C=O) groups excluding carboxylic acids is 1. The van der Waals surface area contributed by atoms with Crippen molar-refractivity contribution >= 4 is 11.9 Å². The highest BCUT2D eigenvalue weighted by atomic mass is 16.5. The standard InChI is InChI=1S/C12H14O3.C3H4O2/c1-10(12(13)14-2)8-9-15-11-6-4-3-5-7-11;1-2-3(4)5/h3-7H,1,8-9H2,2H3;2H,1H2,(H,4,5). The molecule has 0 aliphatic carbocycles. The minimum atomic E-state index is -0.981. The van der Waals surface area contributed by atoms with Gasteiger partial charge in [-0.05, 0) is 12.1 Å². The predicted octanol–water partition coefficient (Wildman–Crippen LogP) is 2.44. The van der Waals surface area contributed by atoms with Gasteiger partial charge >= 0.3 is 11.9 Å². The summed E-state index contributed by atoms with van der Waals surface area (Å²) >= 11 is 0. The molecule has 1 aromatic rings. The van der Waals surface area contributed by atoms with Crippen molar-refractivity contribution in [2.75, 3.05) is 13.7 Å². The van der Waals surface area contributed by atoms with Crippen molar-refractivity contribution in [3.8, 4) is 5.75 Å². The third-order valence-electron chi connectivity index (χ3n) is 2.06. The molecular weight excluding hydrogens is 260 g/mol. The van der Waals surface area contributed by atoms with Crippen LogP contribution in [0.2, 0.25) is 0 Å². The fraction of sp³-hybridized carbons (Fsp3) is 0.200. The Balaban J connectivity index is 0.000000621. The summed E-state index contributed by atoms with van der Waals surface area (Å²) < 4.78 is 9.92. The first kappa shape index (κ1) is 17.4. The van der Waals surface area contributed by atoms with Crippen LogP contribution in [0.4, 0.5) is 0 Å². The second kappa shape index (κ2) is 10.4. The highest BCUT2D eigenvalue weighted by Crippen LogP contribution is 2.09. The van der Waals surface area contributed by atoms with Crippen molar-refractivity contribution in [1.29, 1.82) is 0 Å². The third kappa shape index (κ3) is 8.52. The van der Waals surface area contributed by atoms with Gasteiger partial charge in [-0.2, -0.15) is 0 Å². The third-order valence-corrected chi connectivity index (χ3v) is 2.06. The summed E-state index contributed by atoms with van der Waals surface area (Å²) in [6.07, 6.45) is 1.31. The summed E-state index contributed by atoms with van der Waals surface area (Å²) in [5, 5.41) is 7.60. The average Bonchev–Trinajstić information content (AvgIpc) is 2.47. The van der Waals surface area contributed by atoms with Crippen molar-refractivity contribution in [3.63, 3.8) is 0 Å². The van der Waals surface area contributed by atoms with Gasteiger partial charge in [0.2, 0.25) is 0 Å². The Labute approximate surface area is 118 Å². The molecule has 1 aromatic carbocycles. The highest BCUT2D eigenvalue weighted by Gasteiger charge is 2.05. The summed E-state index contributed by atoms with van der Waals surface area (Å²) in [5.74, 6) is -0.577. The second-order valence-corrected chi connectivity index (χ2v) is 3.55. The van der Waals surface area contributed by atoms with Crippen LogP contribution in [-0.2, 0) is 14.3 Å². The van der Waals surface area contributed by atoms with Crippen LogP contribution in [0.25, 0.3) is 0 Å². The Bertz CT molecular complexity index is 451. The maximum Gasteiger partial charge on any atom is 0.333 e. The molecule has 1 rings (SSSR count). The van der Waals surface area contributed by atoms with E-state index < -0.39 is 5.97 Å². The van der Waals surface area contributed by atoms with Crippen molar-refractivity contribution in [3.05, 3.63) is 55.1 Å². The number of ether oxygens (including phenoxy) is 2. The number of aliphatic carboxylic acids is 1. The lowest BCUT2D eigenvalue weighted by molar-refractivity contribution is -0.136. The van der Waals surface area contributed by atoms with Gasteiger partial charge in [0, 0.05) is 18.1 Å². The van der Waals surface area contributed by atoms with Gasteiger partial charge in [-0.3, -0.25) is 0 Å². The maximum atomic E-state index is 11.0. The molecule has 108 valence electrons. The van der Waals surface area contributed by atoms with Crippen LogP contribution in [-0.4, -0.2) is 30.8 Å². The number of para-hydroxylation sites is 1. The molecule has 0 saturated carbocycles. The van der Waals surface area contributed by atoms with Crippen LogP contribution in [0, 0.1) is 0 Å². The van der Waals surface area contributed by atoms with Crippen LogP contribution in [0.1, 0.15) is 6.42 Å². The van der Waals surface area contributed by atoms with E-state index in [1.54, 1.807) is 0 Å². The molecule has 0 aliphatic heterocycles. The van der Waals surface area contributed by atoms with Crippen molar-refractivity contribution < 1.29 is 24.2 Å². The minimum absolute atomic E-state index is 0.383. The number of benzene rings is 1. The second-order valence-electron chi connectivity index (χ2n) is 3.55. The van der Waals surface area contributed by atoms with Crippen molar-refractivity contribution in [2.45, 2.75) is 6.42 Å². The molecule has 0 saturated heterocycles. The van der Waals surface area contributed by atoms with Gasteiger partial charge in [0.15, 0.2) is 0 Å². The zero-order chi connectivity index (χ0) is 15.4. The van der Waals surface area contributed by atoms with Gasteiger partial charge in [0.25, 0.3) is 0 Å². The van der Waals surface area contributed by atoms with Gasteiger partial charge in [0.05, 0.1) is 13.7 Å². The summed E-state index contributed by atoms with van der Waals surface area (Å²) in [7, 11) is 1.34. The molecule has 0 unspecified atom stereocenters. The summed E-state index contributed by atoms with van der Waals surface area (Å²) in [5.41, 5.74) is 0.424. The van der Waals surface area contributed by atoms with Crippen LogP contribution in [0.5, 0.6) is 5.75 Å². The summed E-state index contributed by atoms with van der Waals surface area (Å²) in [4.78, 5) is 20.2. The maximum absolute atomic E-state index is 11.0. The van der Waals surface area contributed by atoms with E-state index in [1.165, 1.54) is 7.11 Å². The first-order valence-electron chi connectivity index (χ1n) is 5.80. The molecule has 0 bridgehead atoms. The predicted molar refractivity (Wildman–Crippen MR) is 75.5 cm³/mol. The number of hydrogen-bond acceptors (Lipinski definition) is 4. The number of hydrogen-bond donors (Lipinski definition) is 1. The van der Waals surface area contributed by atoms with Crippen LogP contribution in [0.15, 0.2) is 55.1 Å². The Hall–Kier alpha value is -2.56. The molecule has 0 atom stereocenters. The highest BCUT2D eigenvalue weighted by molar-refractivity contribution is 5.87. The molecule has 0 fully saturated rings. The van der Waals surface area contributed by atoms with E-state index in [-0.39, 0.29) is 5.97 Å². The molecule has 20 heavy (non-hydrogen) atoms. The molecule has 0 radical (unpaired) electrons. The summed E-state index contributed by atoms with van der Waals surface area (Å²) in [6, 6.07) is 9.43. The zero-order valence-electron chi connectivity index (χ0n) is 11.4. The number of esters is 1. The zero-order valence-corrected chi connectivity index (χ0v) is 11.4. The van der Waals surface area contributed by atoms with E-state index in [4.69, 9.17) is 9.84 Å². The lowest BCUT2D eigenvalue weighted by Gasteiger charge is -2.06. The molecule has 0 spiro atoms. The van der Waals surface area contributed by atoms with Gasteiger partial charge in [-0.15, -0.1) is 0 Å². The number of carboxylic acids is 1. The Morgan fingerprint density at radius 2 is 1.85 bits per heavy atom. The van der Waals surface area contributed by atoms with Crippen molar-refractivity contribution in [1.82, 2.24) is 0 Å². The van der Waals surface area contributed by atoms with Gasteiger partial charge in [0.1, 0.15) is 5.75 Å². The Morgan fingerprint density at radius 3 is 2.30 bits per heavy atom. The van der Waals surface area contributed by atoms with Crippen molar-refractivity contribution in [2.24, 2.45) is 0 Å². The molecule has 1 N–H and O–H groups in total. The van der Waals surface area contributed by atoms with Crippen LogP contribution >= 0.6 is 0 Å². The molecular formula is C15H18O5. The van der Waals surface area contributed by atoms with E-state index >= 15 is 0 Å². The lowest BCUT2D eigenvalue weighted by atomic mass is 10.2. The lowest BCUT2D eigenvalue weighted by Crippen LogP contribution is -2.07. The largest absolute Gasteiger partial charge is 0.493 e. The SMILES string of the molecule is C=C(CCOc1ccccc1)C(=O)OC.C=CC(=O)O. The van der Waals surface area contributed by atoms with E-state index in [9.17, 15) is 9.59 Å². The van der Waals surface area contributed by atoms with E-state index in [0.29, 0.717) is 18.6 Å². The normalized spacial score (nSPS) is 8.65. The first-order valence-corrected chi connectivity index (χ1v) is 5.80. The number of rotatable bonds is 6. The first-order chi connectivity index (χ1) is 9.51. The van der Waals surface area contributed by atoms with E-state index in [0.717, 1.165) is 11.8 Å². The number of methoxy groups -OCH3 is 1. The van der Waals surface area contributed by atoms with Crippen LogP contribution < -0.4 is 4.74 Å². The quantitative estimate of drug-likeness (QED) is 0.639. The molecule has 0 amide bonds. The Kier molecular flexibility index (Phi) is 9.04. The fourth-order valence-electron chi connectivity index (χ4n) is 1.06. The molecule has 5 heteroatoms. The molecule has 5 nitrogen and oxygen atoms in total. The summed E-state index contributed by atoms with van der Waals surface area (Å²) in [6.45, 7) is 6.99. The van der Waals surface area contributed by atoms with Gasteiger partial charge in [-0.25, -0.2) is 9.59 Å². The molecule has 0 aromatic heterocycles. The fourth-order valence-corrected chi connectivity index (χ4v) is 1.06. The van der Waals surface area contributed by atoms with Crippen LogP contribution in [0.3, 0.4) is 0 Å². The molecule has 0 heterocycles. The van der Waals surface area contributed by atoms with E-state index in [2.05, 4.69) is 17.9 Å². The van der Waals surface area contributed by atoms with E-state index in [1.807, 2.05) is 30.3 Å². The number of carbonyl (C=O) groups is 2. The average molecular weight is 278 g/mol. The smallest absolute Gasteiger partial charge is 0.333 e. The topological polar surface area (TPSA) is 72.8 Å². The minimum Gasteiger partial charge on any atom is -0.493 e. The number of carboxylic acid groups (broad SMARTS) is 1. The molecule has 0 aliphatic rings. The van der Waals surface area contributed by atoms with Gasteiger partial charge < -0.3 is 14.6 Å².